The molecule has 0 aromatic carbocycles. The second-order valence-electron chi connectivity index (χ2n) is 5.66. The van der Waals surface area contributed by atoms with Crippen LogP contribution in [0.25, 0.3) is 0 Å². The van der Waals surface area contributed by atoms with Crippen LogP contribution in [0.15, 0.2) is 0 Å². The van der Waals surface area contributed by atoms with E-state index in [0.717, 1.165) is 45.4 Å². The molecule has 0 aromatic heterocycles. The summed E-state index contributed by atoms with van der Waals surface area (Å²) in [5, 5.41) is 12.8. The quantitative estimate of drug-likeness (QED) is 0.749. The van der Waals surface area contributed by atoms with Gasteiger partial charge in [0.05, 0.1) is 12.3 Å². The first kappa shape index (κ1) is 16.6. The van der Waals surface area contributed by atoms with Crippen LogP contribution in [0.1, 0.15) is 19.3 Å². The highest BCUT2D eigenvalue weighted by Crippen LogP contribution is 2.20. The second kappa shape index (κ2) is 8.60. The van der Waals surface area contributed by atoms with Crippen LogP contribution >= 0.6 is 11.8 Å². The van der Waals surface area contributed by atoms with Crippen molar-refractivity contribution in [2.45, 2.75) is 24.5 Å². The lowest BCUT2D eigenvalue weighted by atomic mass is 10.2. The lowest BCUT2D eigenvalue weighted by molar-refractivity contribution is -0.138. The van der Waals surface area contributed by atoms with Crippen molar-refractivity contribution in [2.24, 2.45) is 0 Å². The van der Waals surface area contributed by atoms with Gasteiger partial charge in [0, 0.05) is 31.4 Å². The maximum atomic E-state index is 12.3. The van der Waals surface area contributed by atoms with E-state index < -0.39 is 5.97 Å². The van der Waals surface area contributed by atoms with Crippen molar-refractivity contribution in [3.63, 3.8) is 0 Å². The third-order valence-electron chi connectivity index (χ3n) is 4.03. The summed E-state index contributed by atoms with van der Waals surface area (Å²) in [7, 11) is 0. The highest BCUT2D eigenvalue weighted by Gasteiger charge is 2.21. The summed E-state index contributed by atoms with van der Waals surface area (Å²) in [6.07, 6.45) is 3.14. The molecule has 6 nitrogen and oxygen atoms in total. The van der Waals surface area contributed by atoms with Gasteiger partial charge in [-0.15, -0.1) is 11.8 Å². The van der Waals surface area contributed by atoms with E-state index in [0.29, 0.717) is 24.1 Å². The Kier molecular flexibility index (Phi) is 6.79. The molecule has 0 saturated carbocycles. The average Bonchev–Trinajstić information content (AvgIpc) is 2.71. The largest absolute Gasteiger partial charge is 0.480 e. The molecular formula is C14H25N3O3S. The van der Waals surface area contributed by atoms with Gasteiger partial charge in [0.1, 0.15) is 0 Å². The first-order chi connectivity index (χ1) is 10.1. The van der Waals surface area contributed by atoms with Gasteiger partial charge in [0.15, 0.2) is 0 Å². The SMILES string of the molecule is O=C(O)CN1CCCN(C(=O)CSC2CCNCC2)CC1. The van der Waals surface area contributed by atoms with E-state index in [9.17, 15) is 9.59 Å². The van der Waals surface area contributed by atoms with E-state index in [2.05, 4.69) is 5.32 Å². The Balaban J connectivity index is 1.70. The number of nitrogens with zero attached hydrogens (tertiary/aromatic N) is 2. The Labute approximate surface area is 130 Å². The number of amides is 1. The van der Waals surface area contributed by atoms with Crippen molar-refractivity contribution >= 4 is 23.6 Å². The number of carboxylic acids is 1. The number of piperidine rings is 1. The Morgan fingerprint density at radius 3 is 2.62 bits per heavy atom. The number of nitrogens with one attached hydrogen (secondary N) is 1. The molecule has 1 amide bonds. The molecule has 0 aliphatic carbocycles. The molecule has 120 valence electrons. The zero-order valence-corrected chi connectivity index (χ0v) is 13.2. The molecule has 0 aromatic rings. The Hall–Kier alpha value is -0.790. The van der Waals surface area contributed by atoms with E-state index in [-0.39, 0.29) is 12.5 Å². The Morgan fingerprint density at radius 1 is 1.14 bits per heavy atom. The molecule has 2 heterocycles. The van der Waals surface area contributed by atoms with Crippen LogP contribution in [0.5, 0.6) is 0 Å². The van der Waals surface area contributed by atoms with Crippen molar-refractivity contribution in [1.29, 1.82) is 0 Å². The molecule has 21 heavy (non-hydrogen) atoms. The third kappa shape index (κ3) is 5.84. The van der Waals surface area contributed by atoms with Crippen molar-refractivity contribution in [3.05, 3.63) is 0 Å². The van der Waals surface area contributed by atoms with Gasteiger partial charge in [-0.2, -0.15) is 0 Å². The van der Waals surface area contributed by atoms with Crippen LogP contribution in [0.2, 0.25) is 0 Å². The van der Waals surface area contributed by atoms with E-state index in [1.807, 2.05) is 9.80 Å². The van der Waals surface area contributed by atoms with Crippen LogP contribution in [0.4, 0.5) is 0 Å². The Bertz CT molecular complexity index is 361. The normalized spacial score (nSPS) is 22.0. The second-order valence-corrected chi connectivity index (χ2v) is 6.95. The molecule has 0 bridgehead atoms. The van der Waals surface area contributed by atoms with E-state index >= 15 is 0 Å². The van der Waals surface area contributed by atoms with Crippen LogP contribution in [0.3, 0.4) is 0 Å². The van der Waals surface area contributed by atoms with E-state index in [1.165, 1.54) is 0 Å². The fraction of sp³-hybridized carbons (Fsp3) is 0.857. The predicted molar refractivity (Wildman–Crippen MR) is 83.6 cm³/mol. The van der Waals surface area contributed by atoms with Gasteiger partial charge in [-0.05, 0) is 32.4 Å². The van der Waals surface area contributed by atoms with Gasteiger partial charge in [-0.25, -0.2) is 0 Å². The average molecular weight is 315 g/mol. The summed E-state index contributed by atoms with van der Waals surface area (Å²) in [5.41, 5.74) is 0. The van der Waals surface area contributed by atoms with Crippen molar-refractivity contribution in [1.82, 2.24) is 15.1 Å². The molecule has 2 fully saturated rings. The smallest absolute Gasteiger partial charge is 0.317 e. The summed E-state index contributed by atoms with van der Waals surface area (Å²) in [6.45, 7) is 5.01. The number of rotatable bonds is 5. The van der Waals surface area contributed by atoms with E-state index in [4.69, 9.17) is 5.11 Å². The minimum Gasteiger partial charge on any atom is -0.480 e. The molecule has 0 unspecified atom stereocenters. The van der Waals surface area contributed by atoms with Gasteiger partial charge < -0.3 is 15.3 Å². The fourth-order valence-corrected chi connectivity index (χ4v) is 3.94. The molecule has 2 saturated heterocycles. The molecular weight excluding hydrogens is 290 g/mol. The summed E-state index contributed by atoms with van der Waals surface area (Å²) in [5.74, 6) is -0.0317. The van der Waals surface area contributed by atoms with Crippen LogP contribution < -0.4 is 5.32 Å². The molecule has 2 aliphatic heterocycles. The van der Waals surface area contributed by atoms with Crippen LogP contribution in [-0.2, 0) is 9.59 Å². The minimum atomic E-state index is -0.795. The van der Waals surface area contributed by atoms with Crippen LogP contribution in [0, 0.1) is 0 Å². The molecule has 2 N–H and O–H groups in total. The maximum absolute atomic E-state index is 12.3. The highest BCUT2D eigenvalue weighted by atomic mass is 32.2. The van der Waals surface area contributed by atoms with Crippen molar-refractivity contribution in [2.75, 3.05) is 51.6 Å². The van der Waals surface area contributed by atoms with Gasteiger partial charge in [-0.3, -0.25) is 14.5 Å². The molecule has 0 atom stereocenters. The number of hydrogen-bond donors (Lipinski definition) is 2. The molecule has 7 heteroatoms. The topological polar surface area (TPSA) is 72.9 Å². The number of hydrogen-bond acceptors (Lipinski definition) is 5. The van der Waals surface area contributed by atoms with Crippen LogP contribution in [-0.4, -0.2) is 83.6 Å². The highest BCUT2D eigenvalue weighted by molar-refractivity contribution is 8.00. The lowest BCUT2D eigenvalue weighted by Gasteiger charge is -2.24. The molecule has 0 spiro atoms. The standard InChI is InChI=1S/C14H25N3O3S/c18-13(11-21-12-2-4-15-5-3-12)17-7-1-6-16(8-9-17)10-14(19)20/h12,15H,1-11H2,(H,19,20). The number of carbonyl (C=O) groups is 2. The van der Waals surface area contributed by atoms with Gasteiger partial charge in [0.2, 0.25) is 5.91 Å². The van der Waals surface area contributed by atoms with Crippen molar-refractivity contribution in [3.8, 4) is 0 Å². The Morgan fingerprint density at radius 2 is 1.90 bits per heavy atom. The number of aliphatic carboxylic acids is 1. The molecule has 2 aliphatic rings. The zero-order chi connectivity index (χ0) is 15.1. The number of thioether (sulfide) groups is 1. The number of carbonyl (C=O) groups excluding carboxylic acids is 1. The lowest BCUT2D eigenvalue weighted by Crippen LogP contribution is -2.38. The zero-order valence-electron chi connectivity index (χ0n) is 12.4. The summed E-state index contributed by atoms with van der Waals surface area (Å²) in [6, 6.07) is 0. The molecule has 0 radical (unpaired) electrons. The fourth-order valence-electron chi connectivity index (χ4n) is 2.81. The van der Waals surface area contributed by atoms with E-state index in [1.54, 1.807) is 11.8 Å². The van der Waals surface area contributed by atoms with Gasteiger partial charge >= 0.3 is 5.97 Å². The first-order valence-electron chi connectivity index (χ1n) is 7.69. The third-order valence-corrected chi connectivity index (χ3v) is 5.39. The van der Waals surface area contributed by atoms with Crippen molar-refractivity contribution < 1.29 is 14.7 Å². The summed E-state index contributed by atoms with van der Waals surface area (Å²) in [4.78, 5) is 26.8. The minimum absolute atomic E-state index is 0.0753. The van der Waals surface area contributed by atoms with Gasteiger partial charge in [-0.1, -0.05) is 0 Å². The summed E-state index contributed by atoms with van der Waals surface area (Å²) >= 11 is 1.78. The summed E-state index contributed by atoms with van der Waals surface area (Å²) < 4.78 is 0. The monoisotopic (exact) mass is 315 g/mol. The predicted octanol–water partition coefficient (Wildman–Crippen LogP) is 0.0905. The van der Waals surface area contributed by atoms with Gasteiger partial charge in [0.25, 0.3) is 0 Å². The molecule has 2 rings (SSSR count). The number of carboxylic acid groups (broad SMARTS) is 1. The maximum Gasteiger partial charge on any atom is 0.317 e. The first-order valence-corrected chi connectivity index (χ1v) is 8.74.